The molecule has 7 atom stereocenters. The Labute approximate surface area is 458 Å². The number of aliphatic hydroxyl groups excluding tert-OH is 1. The summed E-state index contributed by atoms with van der Waals surface area (Å²) in [4.78, 5) is 115. The number of rotatable bonds is 38. The minimum atomic E-state index is -1.26. The minimum Gasteiger partial charge on any atom is -0.393 e. The van der Waals surface area contributed by atoms with Crippen molar-refractivity contribution in [3.05, 3.63) is 0 Å². The third-order valence-electron chi connectivity index (χ3n) is 13.5. The number of amides is 8. The number of nitrogens with two attached hydrogens (primary N) is 6. The SMILES string of the molecule is CCCCCCCCCCCCC(O)CC(=O)NCC(=O)NC(CCCN=C(N)N)C(=O)NC1CCCCNC(=O)C(CCCCN)NC(=O)C(CCCCN)NC(=O)C(CCCCN)NC(=O)C(CCCCN)NC1=O. The maximum atomic E-state index is 14.4. The standard InChI is InChI=1S/C53H103N15O9/c1-2-3-4-5-6-7-8-9-10-11-23-38(69)36-45(70)62-37-46(71)63-40(29-22-35-61-53(58)59)48(73)65-44-28-16-21-34-60-47(72)39(24-12-17-30-54)64-49(74)41(25-13-18-31-55)66-50(75)42(26-14-19-32-56)67-51(76)43(68-52(44)77)27-15-20-33-57/h38-44,69H,2-37,54-57H2,1H3,(H,60,72)(H,62,70)(H,63,71)(H,64,74)(H,65,73)(H,66,75)(H,67,76)(H,68,77)(H4,58,59,61). The number of guanidine groups is 1. The number of hydrogen-bond acceptors (Lipinski definition) is 14. The molecule has 1 aliphatic rings. The molecule has 77 heavy (non-hydrogen) atoms. The molecule has 1 aliphatic heterocycles. The zero-order chi connectivity index (χ0) is 57.1. The van der Waals surface area contributed by atoms with Crippen LogP contribution in [0.4, 0.5) is 0 Å². The predicted molar refractivity (Wildman–Crippen MR) is 300 cm³/mol. The van der Waals surface area contributed by atoms with E-state index in [-0.39, 0.29) is 76.8 Å². The van der Waals surface area contributed by atoms with E-state index in [2.05, 4.69) is 54.5 Å². The van der Waals surface area contributed by atoms with Crippen LogP contribution in [0.5, 0.6) is 0 Å². The van der Waals surface area contributed by atoms with Crippen molar-refractivity contribution in [3.8, 4) is 0 Å². The molecular formula is C53H103N15O9. The van der Waals surface area contributed by atoms with Crippen LogP contribution in [0.3, 0.4) is 0 Å². The van der Waals surface area contributed by atoms with Crippen LogP contribution in [0.2, 0.25) is 0 Å². The molecule has 0 aromatic rings. The number of carbonyl (C=O) groups is 8. The largest absolute Gasteiger partial charge is 0.393 e. The number of hydrogen-bond donors (Lipinski definition) is 15. The molecule has 8 amide bonds. The van der Waals surface area contributed by atoms with Gasteiger partial charge in [0.1, 0.15) is 36.3 Å². The lowest BCUT2D eigenvalue weighted by Gasteiger charge is -2.28. The second-order valence-corrected chi connectivity index (χ2v) is 20.4. The van der Waals surface area contributed by atoms with Crippen molar-refractivity contribution in [1.29, 1.82) is 0 Å². The fraction of sp³-hybridized carbons (Fsp3) is 0.830. The minimum absolute atomic E-state index is 0.0227. The molecule has 0 saturated carbocycles. The summed E-state index contributed by atoms with van der Waals surface area (Å²) in [6.45, 7) is 3.34. The van der Waals surface area contributed by atoms with E-state index < -0.39 is 96.2 Å². The normalized spacial score (nSPS) is 19.9. The Bertz CT molecular complexity index is 1720. The Morgan fingerprint density at radius 1 is 0.571 bits per heavy atom. The third-order valence-corrected chi connectivity index (χ3v) is 13.5. The molecule has 0 spiro atoms. The van der Waals surface area contributed by atoms with E-state index in [9.17, 15) is 43.5 Å². The Balaban J connectivity index is 3.42. The molecule has 1 fully saturated rings. The summed E-state index contributed by atoms with van der Waals surface area (Å²) in [5.74, 6) is -5.22. The zero-order valence-electron chi connectivity index (χ0n) is 46.6. The summed E-state index contributed by atoms with van der Waals surface area (Å²) in [5.41, 5.74) is 34.2. The molecule has 444 valence electrons. The van der Waals surface area contributed by atoms with Crippen LogP contribution in [0.25, 0.3) is 0 Å². The average Bonchev–Trinajstić information content (AvgIpc) is 3.39. The first-order chi connectivity index (χ1) is 37.1. The summed E-state index contributed by atoms with van der Waals surface area (Å²) in [6.07, 6.45) is 16.6. The molecule has 1 saturated heterocycles. The highest BCUT2D eigenvalue weighted by Crippen LogP contribution is 2.15. The van der Waals surface area contributed by atoms with Gasteiger partial charge in [-0.15, -0.1) is 0 Å². The molecule has 0 radical (unpaired) electrons. The Hall–Kier alpha value is -5.17. The van der Waals surface area contributed by atoms with Gasteiger partial charge >= 0.3 is 0 Å². The van der Waals surface area contributed by atoms with E-state index in [0.29, 0.717) is 90.4 Å². The van der Waals surface area contributed by atoms with E-state index in [1.807, 2.05) is 0 Å². The molecule has 0 aromatic heterocycles. The molecule has 21 N–H and O–H groups in total. The molecule has 1 rings (SSSR count). The molecule has 1 heterocycles. The van der Waals surface area contributed by atoms with Crippen LogP contribution in [0.15, 0.2) is 4.99 Å². The predicted octanol–water partition coefficient (Wildman–Crippen LogP) is -0.0569. The molecule has 24 nitrogen and oxygen atoms in total. The topological polar surface area (TPSA) is 422 Å². The van der Waals surface area contributed by atoms with Gasteiger partial charge in [0.15, 0.2) is 5.96 Å². The third kappa shape index (κ3) is 34.4. The summed E-state index contributed by atoms with van der Waals surface area (Å²) in [5, 5.41) is 32.6. The lowest BCUT2D eigenvalue weighted by Crippen LogP contribution is -2.59. The van der Waals surface area contributed by atoms with Gasteiger partial charge in [0.2, 0.25) is 47.3 Å². The van der Waals surface area contributed by atoms with Gasteiger partial charge in [-0.1, -0.05) is 71.1 Å². The van der Waals surface area contributed by atoms with Crippen molar-refractivity contribution in [2.24, 2.45) is 39.4 Å². The second-order valence-electron chi connectivity index (χ2n) is 20.4. The first kappa shape index (κ1) is 69.8. The lowest BCUT2D eigenvalue weighted by molar-refractivity contribution is -0.135. The maximum absolute atomic E-state index is 14.4. The van der Waals surface area contributed by atoms with Crippen LogP contribution in [-0.4, -0.2) is 146 Å². The fourth-order valence-electron chi connectivity index (χ4n) is 8.94. The van der Waals surface area contributed by atoms with E-state index in [1.54, 1.807) is 0 Å². The molecule has 7 unspecified atom stereocenters. The monoisotopic (exact) mass is 1090 g/mol. The summed E-state index contributed by atoms with van der Waals surface area (Å²) in [7, 11) is 0. The second kappa shape index (κ2) is 44.8. The van der Waals surface area contributed by atoms with Gasteiger partial charge in [-0.2, -0.15) is 0 Å². The highest BCUT2D eigenvalue weighted by atomic mass is 16.3. The first-order valence-corrected chi connectivity index (χ1v) is 29.0. The van der Waals surface area contributed by atoms with E-state index in [1.165, 1.54) is 38.5 Å². The first-order valence-electron chi connectivity index (χ1n) is 29.0. The van der Waals surface area contributed by atoms with Gasteiger partial charge in [-0.25, -0.2) is 0 Å². The van der Waals surface area contributed by atoms with Crippen LogP contribution in [0, 0.1) is 0 Å². The number of unbranched alkanes of at least 4 members (excludes halogenated alkanes) is 13. The lowest BCUT2D eigenvalue weighted by atomic mass is 10.0. The van der Waals surface area contributed by atoms with E-state index in [4.69, 9.17) is 34.4 Å². The van der Waals surface area contributed by atoms with Crippen molar-refractivity contribution in [1.82, 2.24) is 42.5 Å². The van der Waals surface area contributed by atoms with E-state index >= 15 is 0 Å². The highest BCUT2D eigenvalue weighted by molar-refractivity contribution is 5.97. The Morgan fingerprint density at radius 2 is 1.03 bits per heavy atom. The van der Waals surface area contributed by atoms with Crippen molar-refractivity contribution in [2.75, 3.05) is 45.8 Å². The molecule has 0 aromatic carbocycles. The van der Waals surface area contributed by atoms with Crippen molar-refractivity contribution in [2.45, 2.75) is 235 Å². The molecule has 24 heteroatoms. The van der Waals surface area contributed by atoms with Gasteiger partial charge < -0.3 is 82.0 Å². The van der Waals surface area contributed by atoms with Gasteiger partial charge in [0.25, 0.3) is 0 Å². The smallest absolute Gasteiger partial charge is 0.243 e. The number of nitrogens with zero attached hydrogens (tertiary/aromatic N) is 1. The van der Waals surface area contributed by atoms with Crippen molar-refractivity contribution >= 4 is 53.2 Å². The quantitative estimate of drug-likeness (QED) is 0.0219. The number of nitrogens with one attached hydrogen (secondary N) is 8. The van der Waals surface area contributed by atoms with Crippen molar-refractivity contribution < 1.29 is 43.5 Å². The van der Waals surface area contributed by atoms with Crippen LogP contribution < -0.4 is 76.9 Å². The zero-order valence-corrected chi connectivity index (χ0v) is 46.6. The Kier molecular flexibility index (Phi) is 40.6. The van der Waals surface area contributed by atoms with Crippen molar-refractivity contribution in [3.63, 3.8) is 0 Å². The molecule has 0 bridgehead atoms. The molecular weight excluding hydrogens is 991 g/mol. The van der Waals surface area contributed by atoms with Crippen LogP contribution >= 0.6 is 0 Å². The van der Waals surface area contributed by atoms with Crippen LogP contribution in [-0.2, 0) is 38.4 Å². The fourth-order valence-corrected chi connectivity index (χ4v) is 8.94. The van der Waals surface area contributed by atoms with Gasteiger partial charge in [0.05, 0.1) is 19.1 Å². The van der Waals surface area contributed by atoms with E-state index in [0.717, 1.165) is 25.7 Å². The molecule has 0 aliphatic carbocycles. The summed E-state index contributed by atoms with van der Waals surface area (Å²) < 4.78 is 0. The maximum Gasteiger partial charge on any atom is 0.243 e. The van der Waals surface area contributed by atoms with Gasteiger partial charge in [-0.05, 0) is 142 Å². The van der Waals surface area contributed by atoms with Gasteiger partial charge in [0, 0.05) is 13.1 Å². The highest BCUT2D eigenvalue weighted by Gasteiger charge is 2.33. The Morgan fingerprint density at radius 3 is 1.49 bits per heavy atom. The van der Waals surface area contributed by atoms with Gasteiger partial charge in [-0.3, -0.25) is 43.3 Å². The summed E-state index contributed by atoms with van der Waals surface area (Å²) in [6, 6.07) is -6.87. The number of carbonyl (C=O) groups excluding carboxylic acids is 8. The van der Waals surface area contributed by atoms with Crippen LogP contribution in [0.1, 0.15) is 193 Å². The summed E-state index contributed by atoms with van der Waals surface area (Å²) >= 11 is 0. The number of aliphatic imine (C=N–C) groups is 1. The number of aliphatic hydroxyl groups is 1. The average molecular weight is 1090 g/mol.